The standard InChI is InChI=1S/C31H27F4NO6/c1-4-42-16-17-14-24(40-2)26(25(15-17)41-3)20-10-5-9-19-18(20)8-6-11-21(19)31(34,35)28(30(38)39)36-29(37)27-22(32)12-7-13-23(27)33/h5-15,28H,4,16H2,1-3H3,(H,36,37)(H,38,39)/t28-/m1/s1. The molecule has 42 heavy (non-hydrogen) atoms. The Hall–Kier alpha value is -4.64. The highest BCUT2D eigenvalue weighted by Crippen LogP contribution is 2.45. The average Bonchev–Trinajstić information content (AvgIpc) is 2.97. The lowest BCUT2D eigenvalue weighted by Crippen LogP contribution is -2.51. The van der Waals surface area contributed by atoms with Crippen LogP contribution in [0.1, 0.15) is 28.4 Å². The van der Waals surface area contributed by atoms with E-state index in [9.17, 15) is 23.5 Å². The molecular weight excluding hydrogens is 558 g/mol. The number of hydrogen-bond donors (Lipinski definition) is 2. The van der Waals surface area contributed by atoms with Crippen molar-refractivity contribution in [2.24, 2.45) is 0 Å². The first-order valence-electron chi connectivity index (χ1n) is 12.8. The van der Waals surface area contributed by atoms with Crippen LogP contribution < -0.4 is 14.8 Å². The SMILES string of the molecule is CCOCc1cc(OC)c(-c2cccc3c(C(F)(F)[C@H](NC(=O)c4c(F)cccc4F)C(=O)O)cccc23)c(OC)c1. The van der Waals surface area contributed by atoms with Gasteiger partial charge in [0.2, 0.25) is 0 Å². The first-order chi connectivity index (χ1) is 20.0. The summed E-state index contributed by atoms with van der Waals surface area (Å²) in [6.07, 6.45) is 0. The molecule has 0 heterocycles. The normalized spacial score (nSPS) is 12.2. The topological polar surface area (TPSA) is 94.1 Å². The van der Waals surface area contributed by atoms with E-state index in [-0.39, 0.29) is 12.0 Å². The number of amides is 1. The number of carboxylic acid groups (broad SMARTS) is 1. The molecule has 0 spiro atoms. The second-order valence-corrected chi connectivity index (χ2v) is 9.18. The van der Waals surface area contributed by atoms with Gasteiger partial charge in [-0.05, 0) is 53.1 Å². The van der Waals surface area contributed by atoms with Crippen LogP contribution in [0.25, 0.3) is 21.9 Å². The van der Waals surface area contributed by atoms with Crippen LogP contribution in [0.15, 0.2) is 66.7 Å². The van der Waals surface area contributed by atoms with Crippen molar-refractivity contribution in [2.75, 3.05) is 20.8 Å². The van der Waals surface area contributed by atoms with Crippen molar-refractivity contribution in [3.8, 4) is 22.6 Å². The van der Waals surface area contributed by atoms with Gasteiger partial charge in [-0.3, -0.25) is 4.79 Å². The Morgan fingerprint density at radius 1 is 0.905 bits per heavy atom. The number of nitrogens with one attached hydrogen (secondary N) is 1. The minimum Gasteiger partial charge on any atom is -0.496 e. The summed E-state index contributed by atoms with van der Waals surface area (Å²) in [6, 6.07) is 11.6. The van der Waals surface area contributed by atoms with Gasteiger partial charge in [0.25, 0.3) is 5.91 Å². The van der Waals surface area contributed by atoms with Crippen molar-refractivity contribution < 1.29 is 46.5 Å². The van der Waals surface area contributed by atoms with Gasteiger partial charge in [0.1, 0.15) is 28.7 Å². The summed E-state index contributed by atoms with van der Waals surface area (Å²) in [4.78, 5) is 24.6. The Morgan fingerprint density at radius 2 is 1.48 bits per heavy atom. The quantitative estimate of drug-likeness (QED) is 0.200. The molecule has 0 aliphatic carbocycles. The maximum Gasteiger partial charge on any atom is 0.332 e. The van der Waals surface area contributed by atoms with Crippen LogP contribution in [0.4, 0.5) is 17.6 Å². The number of carboxylic acids is 1. The average molecular weight is 586 g/mol. The number of methoxy groups -OCH3 is 2. The van der Waals surface area contributed by atoms with Crippen molar-refractivity contribution in [3.05, 3.63) is 95.1 Å². The Morgan fingerprint density at radius 3 is 2.05 bits per heavy atom. The zero-order valence-corrected chi connectivity index (χ0v) is 22.8. The largest absolute Gasteiger partial charge is 0.496 e. The van der Waals surface area contributed by atoms with E-state index in [4.69, 9.17) is 14.2 Å². The Kier molecular flexibility index (Phi) is 9.01. The lowest BCUT2D eigenvalue weighted by atomic mass is 9.90. The first-order valence-corrected chi connectivity index (χ1v) is 12.8. The summed E-state index contributed by atoms with van der Waals surface area (Å²) in [7, 11) is 2.90. The van der Waals surface area contributed by atoms with E-state index in [0.29, 0.717) is 34.6 Å². The van der Waals surface area contributed by atoms with E-state index in [1.54, 1.807) is 29.6 Å². The van der Waals surface area contributed by atoms with Crippen molar-refractivity contribution in [1.82, 2.24) is 5.32 Å². The van der Waals surface area contributed by atoms with E-state index < -0.39 is 46.6 Å². The zero-order chi connectivity index (χ0) is 30.6. The number of halogens is 4. The molecule has 0 saturated heterocycles. The molecule has 0 aliphatic heterocycles. The van der Waals surface area contributed by atoms with Crippen LogP contribution in [0.5, 0.6) is 11.5 Å². The van der Waals surface area contributed by atoms with Gasteiger partial charge in [-0.25, -0.2) is 13.6 Å². The molecular formula is C31H27F4NO6. The van der Waals surface area contributed by atoms with Gasteiger partial charge < -0.3 is 24.6 Å². The number of alkyl halides is 2. The Balaban J connectivity index is 1.84. The van der Waals surface area contributed by atoms with E-state index >= 15 is 8.78 Å². The molecule has 0 radical (unpaired) electrons. The fraction of sp³-hybridized carbons (Fsp3) is 0.226. The molecule has 0 aliphatic rings. The number of aliphatic carboxylic acids is 1. The number of carbonyl (C=O) groups is 2. The third kappa shape index (κ3) is 5.73. The molecule has 0 bridgehead atoms. The molecule has 0 aromatic heterocycles. The van der Waals surface area contributed by atoms with Crippen LogP contribution in [0.2, 0.25) is 0 Å². The van der Waals surface area contributed by atoms with Gasteiger partial charge in [-0.1, -0.05) is 42.5 Å². The zero-order valence-electron chi connectivity index (χ0n) is 22.8. The Labute approximate surface area is 238 Å². The van der Waals surface area contributed by atoms with E-state index in [0.717, 1.165) is 29.8 Å². The minimum absolute atomic E-state index is 0.0277. The summed E-state index contributed by atoms with van der Waals surface area (Å²) in [6.45, 7) is 2.62. The lowest BCUT2D eigenvalue weighted by molar-refractivity contribution is -0.151. The Bertz CT molecular complexity index is 1600. The summed E-state index contributed by atoms with van der Waals surface area (Å²) in [5, 5.41) is 11.6. The molecule has 4 aromatic carbocycles. The molecule has 7 nitrogen and oxygen atoms in total. The molecule has 2 N–H and O–H groups in total. The van der Waals surface area contributed by atoms with Gasteiger partial charge in [0.15, 0.2) is 6.04 Å². The second-order valence-electron chi connectivity index (χ2n) is 9.18. The summed E-state index contributed by atoms with van der Waals surface area (Å²) in [5.74, 6) is -9.86. The second kappa shape index (κ2) is 12.5. The van der Waals surface area contributed by atoms with Crippen molar-refractivity contribution in [2.45, 2.75) is 25.5 Å². The number of fused-ring (bicyclic) bond motifs is 1. The third-order valence-electron chi connectivity index (χ3n) is 6.66. The molecule has 0 fully saturated rings. The molecule has 11 heteroatoms. The van der Waals surface area contributed by atoms with Gasteiger partial charge in [0, 0.05) is 12.2 Å². The fourth-order valence-electron chi connectivity index (χ4n) is 4.73. The molecule has 220 valence electrons. The number of ether oxygens (including phenoxy) is 3. The van der Waals surface area contributed by atoms with E-state index in [2.05, 4.69) is 0 Å². The monoisotopic (exact) mass is 585 g/mol. The van der Waals surface area contributed by atoms with Crippen LogP contribution in [0, 0.1) is 11.6 Å². The van der Waals surface area contributed by atoms with Crippen molar-refractivity contribution >= 4 is 22.6 Å². The van der Waals surface area contributed by atoms with E-state index in [1.807, 2.05) is 6.92 Å². The summed E-state index contributed by atoms with van der Waals surface area (Å²) in [5.41, 5.74) is -0.232. The summed E-state index contributed by atoms with van der Waals surface area (Å²) >= 11 is 0. The molecule has 4 rings (SSSR count). The molecule has 1 atom stereocenters. The smallest absolute Gasteiger partial charge is 0.332 e. The van der Waals surface area contributed by atoms with Crippen molar-refractivity contribution in [1.29, 1.82) is 0 Å². The van der Waals surface area contributed by atoms with Gasteiger partial charge in [-0.15, -0.1) is 0 Å². The van der Waals surface area contributed by atoms with E-state index in [1.165, 1.54) is 32.4 Å². The number of hydrogen-bond acceptors (Lipinski definition) is 5. The highest BCUT2D eigenvalue weighted by Gasteiger charge is 2.48. The van der Waals surface area contributed by atoms with Crippen LogP contribution in [-0.4, -0.2) is 43.9 Å². The van der Waals surface area contributed by atoms with Gasteiger partial charge in [-0.2, -0.15) is 8.78 Å². The predicted molar refractivity (Wildman–Crippen MR) is 147 cm³/mol. The van der Waals surface area contributed by atoms with Crippen LogP contribution in [0.3, 0.4) is 0 Å². The number of rotatable bonds is 11. The highest BCUT2D eigenvalue weighted by atomic mass is 19.3. The number of benzene rings is 4. The molecule has 4 aromatic rings. The van der Waals surface area contributed by atoms with Gasteiger partial charge >= 0.3 is 11.9 Å². The maximum absolute atomic E-state index is 16.0. The minimum atomic E-state index is -4.23. The molecule has 0 unspecified atom stereocenters. The third-order valence-corrected chi connectivity index (χ3v) is 6.66. The highest BCUT2D eigenvalue weighted by molar-refractivity contribution is 6.02. The first kappa shape index (κ1) is 30.3. The number of carbonyl (C=O) groups excluding carboxylic acids is 1. The maximum atomic E-state index is 16.0. The van der Waals surface area contributed by atoms with Crippen LogP contribution >= 0.6 is 0 Å². The fourth-order valence-corrected chi connectivity index (χ4v) is 4.73. The van der Waals surface area contributed by atoms with Gasteiger partial charge in [0.05, 0.1) is 26.4 Å². The predicted octanol–water partition coefficient (Wildman–Crippen LogP) is 6.31. The van der Waals surface area contributed by atoms with Crippen LogP contribution in [-0.2, 0) is 22.1 Å². The summed E-state index contributed by atoms with van der Waals surface area (Å²) < 4.78 is 77.0. The molecule has 0 saturated carbocycles. The van der Waals surface area contributed by atoms with Crippen molar-refractivity contribution in [3.63, 3.8) is 0 Å². The lowest BCUT2D eigenvalue weighted by Gasteiger charge is -2.26. The molecule has 1 amide bonds.